The number of aromatic nitrogens is 1. The average molecular weight is 858 g/mol. The molecule has 2 aromatic carbocycles. The third-order valence-electron chi connectivity index (χ3n) is 9.46. The van der Waals surface area contributed by atoms with Gasteiger partial charge in [0.15, 0.2) is 0 Å². The molecule has 0 saturated heterocycles. The lowest BCUT2D eigenvalue weighted by Crippen LogP contribution is -2.60. The van der Waals surface area contributed by atoms with E-state index in [4.69, 9.17) is 5.73 Å². The molecule has 19 heteroatoms. The van der Waals surface area contributed by atoms with Gasteiger partial charge in [0.25, 0.3) is 0 Å². The van der Waals surface area contributed by atoms with E-state index >= 15 is 0 Å². The van der Waals surface area contributed by atoms with Crippen LogP contribution >= 0.6 is 23.5 Å². The molecule has 0 unspecified atom stereocenters. The van der Waals surface area contributed by atoms with Crippen molar-refractivity contribution in [2.24, 2.45) is 11.7 Å². The fourth-order valence-electron chi connectivity index (χ4n) is 6.12. The van der Waals surface area contributed by atoms with Crippen molar-refractivity contribution in [2.45, 2.75) is 88.6 Å². The second-order valence-electron chi connectivity index (χ2n) is 14.3. The van der Waals surface area contributed by atoms with Gasteiger partial charge in [-0.3, -0.25) is 28.8 Å². The standard InChI is InChI=1S/C40H55N7O10S2/c1-22(2)34(39(55)45-31(40(56)57)16-18-59-4)47-37(53)30(15-17-58-3)44-38(54)32(19-23-9-11-25(48)12-10-23)46-36(52)29(13-14-33(49)50)43-35(51)27(41)20-24-21-42-28-8-6-5-7-26(24)28/h5-12,21-22,27,29-32,34,42,48H,13-20,41H2,1-4H3,(H,43,51)(H,44,54)(H,45,55)(H,46,52)(H,47,53)(H,49,50)(H,56,57)/t27-,29-,30-,31+,32-,34-/m0/s1. The first-order chi connectivity index (χ1) is 28.0. The summed E-state index contributed by atoms with van der Waals surface area (Å²) in [5, 5.41) is 42.8. The molecule has 0 aliphatic rings. The Hall–Kier alpha value is -5.27. The number of carboxylic acids is 2. The number of thioether (sulfide) groups is 2. The zero-order valence-electron chi connectivity index (χ0n) is 33.5. The maximum Gasteiger partial charge on any atom is 0.326 e. The second kappa shape index (κ2) is 24.0. The Morgan fingerprint density at radius 2 is 1.22 bits per heavy atom. The maximum absolute atomic E-state index is 14.1. The quantitative estimate of drug-likeness (QED) is 0.0580. The van der Waals surface area contributed by atoms with Crippen molar-refractivity contribution >= 4 is 75.9 Å². The number of amides is 5. The lowest BCUT2D eigenvalue weighted by Gasteiger charge is -2.28. The average Bonchev–Trinajstić information content (AvgIpc) is 3.60. The van der Waals surface area contributed by atoms with Gasteiger partial charge in [-0.15, -0.1) is 0 Å². The number of para-hydroxylation sites is 1. The van der Waals surface area contributed by atoms with Crippen molar-refractivity contribution in [1.29, 1.82) is 0 Å². The molecule has 0 spiro atoms. The van der Waals surface area contributed by atoms with Crippen LogP contribution in [0.3, 0.4) is 0 Å². The molecule has 1 aromatic heterocycles. The van der Waals surface area contributed by atoms with Crippen molar-refractivity contribution in [3.63, 3.8) is 0 Å². The Balaban J connectivity index is 1.85. The van der Waals surface area contributed by atoms with Crippen molar-refractivity contribution in [3.05, 3.63) is 65.9 Å². The number of aromatic amines is 1. The summed E-state index contributed by atoms with van der Waals surface area (Å²) < 4.78 is 0. The van der Waals surface area contributed by atoms with E-state index in [1.165, 1.54) is 47.8 Å². The molecule has 3 rings (SSSR count). The van der Waals surface area contributed by atoms with Crippen LogP contribution in [0.25, 0.3) is 10.9 Å². The van der Waals surface area contributed by atoms with Gasteiger partial charge in [0.2, 0.25) is 29.5 Å². The highest BCUT2D eigenvalue weighted by Gasteiger charge is 2.34. The highest BCUT2D eigenvalue weighted by molar-refractivity contribution is 7.98. The van der Waals surface area contributed by atoms with Crippen LogP contribution in [0.1, 0.15) is 50.7 Å². The summed E-state index contributed by atoms with van der Waals surface area (Å²) in [4.78, 5) is 95.0. The molecule has 5 amide bonds. The molecular formula is C40H55N7O10S2. The number of aliphatic carboxylic acids is 2. The molecule has 59 heavy (non-hydrogen) atoms. The van der Waals surface area contributed by atoms with Gasteiger partial charge in [-0.25, -0.2) is 4.79 Å². The Bertz CT molecular complexity index is 1910. The summed E-state index contributed by atoms with van der Waals surface area (Å²) in [6.45, 7) is 3.35. The van der Waals surface area contributed by atoms with Gasteiger partial charge >= 0.3 is 11.9 Å². The zero-order chi connectivity index (χ0) is 43.6. The third kappa shape index (κ3) is 15.4. The van der Waals surface area contributed by atoms with E-state index in [0.29, 0.717) is 17.1 Å². The van der Waals surface area contributed by atoms with E-state index < -0.39 is 90.1 Å². The molecule has 0 bridgehead atoms. The van der Waals surface area contributed by atoms with Crippen LogP contribution in [0.4, 0.5) is 0 Å². The van der Waals surface area contributed by atoms with Crippen LogP contribution in [0.2, 0.25) is 0 Å². The topological polar surface area (TPSA) is 282 Å². The molecule has 0 aliphatic carbocycles. The number of hydrogen-bond donors (Lipinski definition) is 10. The largest absolute Gasteiger partial charge is 0.508 e. The number of phenols is 1. The zero-order valence-corrected chi connectivity index (χ0v) is 35.1. The van der Waals surface area contributed by atoms with Crippen LogP contribution in [-0.2, 0) is 46.4 Å². The molecule has 6 atom stereocenters. The van der Waals surface area contributed by atoms with Crippen LogP contribution in [-0.4, -0.2) is 122 Å². The number of carbonyl (C=O) groups excluding carboxylic acids is 5. The fraction of sp³-hybridized carbons (Fsp3) is 0.475. The van der Waals surface area contributed by atoms with Crippen molar-refractivity contribution < 1.29 is 48.9 Å². The lowest BCUT2D eigenvalue weighted by molar-refractivity contribution is -0.142. The van der Waals surface area contributed by atoms with Gasteiger partial charge in [0.05, 0.1) is 6.04 Å². The number of hydrogen-bond acceptors (Lipinski definition) is 11. The highest BCUT2D eigenvalue weighted by Crippen LogP contribution is 2.19. The number of nitrogens with one attached hydrogen (secondary N) is 6. The van der Waals surface area contributed by atoms with Gasteiger partial charge in [-0.05, 0) is 84.9 Å². The number of H-pyrrole nitrogens is 1. The normalized spacial score (nSPS) is 14.3. The summed E-state index contributed by atoms with van der Waals surface area (Å²) in [5.41, 5.74) is 8.38. The molecule has 322 valence electrons. The Labute approximate surface area is 351 Å². The number of carbonyl (C=O) groups is 7. The predicted octanol–water partition coefficient (Wildman–Crippen LogP) is 1.52. The SMILES string of the molecule is CSCC[C@H](NC(=O)[C@H](Cc1ccc(O)cc1)NC(=O)[C@H](CCC(=O)O)NC(=O)[C@@H](N)Cc1c[nH]c2ccccc12)C(=O)N[C@H](C(=O)N[C@H](CCSC)C(=O)O)C(C)C. The van der Waals surface area contributed by atoms with Gasteiger partial charge in [0, 0.05) is 29.9 Å². The van der Waals surface area contributed by atoms with Gasteiger partial charge in [-0.1, -0.05) is 44.2 Å². The lowest BCUT2D eigenvalue weighted by atomic mass is 10.0. The van der Waals surface area contributed by atoms with E-state index in [2.05, 4.69) is 31.6 Å². The maximum atomic E-state index is 14.1. The molecule has 0 radical (unpaired) electrons. The molecule has 17 nitrogen and oxygen atoms in total. The van der Waals surface area contributed by atoms with Crippen LogP contribution in [0.15, 0.2) is 54.7 Å². The predicted molar refractivity (Wildman–Crippen MR) is 227 cm³/mol. The number of nitrogens with two attached hydrogens (primary N) is 1. The number of rotatable bonds is 25. The summed E-state index contributed by atoms with van der Waals surface area (Å²) in [6, 6.07) is 5.81. The molecule has 11 N–H and O–H groups in total. The van der Waals surface area contributed by atoms with E-state index in [1.807, 2.05) is 30.5 Å². The second-order valence-corrected chi connectivity index (χ2v) is 16.3. The number of benzene rings is 2. The molecule has 0 fully saturated rings. The molecule has 0 saturated carbocycles. The van der Waals surface area contributed by atoms with E-state index in [1.54, 1.807) is 26.3 Å². The van der Waals surface area contributed by atoms with E-state index in [9.17, 15) is 48.9 Å². The fourth-order valence-corrected chi connectivity index (χ4v) is 7.06. The van der Waals surface area contributed by atoms with Gasteiger partial charge in [0.1, 0.15) is 36.0 Å². The monoisotopic (exact) mass is 857 g/mol. The summed E-state index contributed by atoms with van der Waals surface area (Å²) in [5.74, 6) is -5.91. The number of aromatic hydroxyl groups is 1. The first-order valence-corrected chi connectivity index (χ1v) is 21.9. The van der Waals surface area contributed by atoms with Crippen molar-refractivity contribution in [1.82, 2.24) is 31.6 Å². The minimum absolute atomic E-state index is 0.0457. The first-order valence-electron chi connectivity index (χ1n) is 19.1. The number of phenolic OH excluding ortho intramolecular Hbond substituents is 1. The molecule has 3 aromatic rings. The Morgan fingerprint density at radius 3 is 1.83 bits per heavy atom. The van der Waals surface area contributed by atoms with Gasteiger partial charge < -0.3 is 52.6 Å². The van der Waals surface area contributed by atoms with Crippen LogP contribution in [0, 0.1) is 5.92 Å². The molecule has 1 heterocycles. The Morgan fingerprint density at radius 1 is 0.678 bits per heavy atom. The molecular weight excluding hydrogens is 803 g/mol. The number of carboxylic acid groups (broad SMARTS) is 2. The van der Waals surface area contributed by atoms with E-state index in [-0.39, 0.29) is 37.9 Å². The van der Waals surface area contributed by atoms with Crippen LogP contribution < -0.4 is 32.3 Å². The van der Waals surface area contributed by atoms with Crippen molar-refractivity contribution in [3.8, 4) is 5.75 Å². The van der Waals surface area contributed by atoms with Crippen molar-refractivity contribution in [2.75, 3.05) is 24.0 Å². The third-order valence-corrected chi connectivity index (χ3v) is 10.7. The number of fused-ring (bicyclic) bond motifs is 1. The minimum atomic E-state index is -1.42. The minimum Gasteiger partial charge on any atom is -0.508 e. The Kier molecular flexibility index (Phi) is 19.5. The summed E-state index contributed by atoms with van der Waals surface area (Å²) in [7, 11) is 0. The highest BCUT2D eigenvalue weighted by atomic mass is 32.2. The summed E-state index contributed by atoms with van der Waals surface area (Å²) >= 11 is 2.82. The van der Waals surface area contributed by atoms with E-state index in [0.717, 1.165) is 16.5 Å². The summed E-state index contributed by atoms with van der Waals surface area (Å²) in [6.07, 6.45) is 4.74. The van der Waals surface area contributed by atoms with Crippen LogP contribution in [0.5, 0.6) is 5.75 Å². The molecule has 0 aliphatic heterocycles. The first kappa shape index (κ1) is 48.1. The smallest absolute Gasteiger partial charge is 0.326 e. The van der Waals surface area contributed by atoms with Gasteiger partial charge in [-0.2, -0.15) is 23.5 Å².